The van der Waals surface area contributed by atoms with E-state index in [1.165, 1.54) is 0 Å². The minimum Gasteiger partial charge on any atom is -0.461 e. The van der Waals surface area contributed by atoms with Crippen molar-refractivity contribution in [2.45, 2.75) is 13.8 Å². The first-order valence-corrected chi connectivity index (χ1v) is 5.75. The molecule has 0 saturated carbocycles. The van der Waals surface area contributed by atoms with E-state index in [2.05, 4.69) is 5.32 Å². The maximum absolute atomic E-state index is 11.2. The summed E-state index contributed by atoms with van der Waals surface area (Å²) < 4.78 is 5.05. The van der Waals surface area contributed by atoms with Crippen molar-refractivity contribution in [2.24, 2.45) is 5.92 Å². The standard InChI is InChI=1S/C14H19NO2/c1-11(2)14(16)17-10-6-8-12-7-4-5-9-13(12)15-3/h4-9,11,15H,10H2,1-3H3/b8-6+. The molecule has 0 spiro atoms. The number of benzene rings is 1. The van der Waals surface area contributed by atoms with Crippen LogP contribution in [0.1, 0.15) is 19.4 Å². The number of anilines is 1. The average molecular weight is 233 g/mol. The van der Waals surface area contributed by atoms with Gasteiger partial charge in [0.1, 0.15) is 6.61 Å². The van der Waals surface area contributed by atoms with Crippen molar-refractivity contribution in [3.63, 3.8) is 0 Å². The largest absolute Gasteiger partial charge is 0.461 e. The fraction of sp³-hybridized carbons (Fsp3) is 0.357. The molecule has 0 bridgehead atoms. The summed E-state index contributed by atoms with van der Waals surface area (Å²) in [6.45, 7) is 3.96. The summed E-state index contributed by atoms with van der Waals surface area (Å²) in [5.74, 6) is -0.246. The predicted molar refractivity (Wildman–Crippen MR) is 70.8 cm³/mol. The lowest BCUT2D eigenvalue weighted by Crippen LogP contribution is -2.11. The zero-order valence-electron chi connectivity index (χ0n) is 10.6. The van der Waals surface area contributed by atoms with E-state index >= 15 is 0 Å². The highest BCUT2D eigenvalue weighted by molar-refractivity contribution is 5.72. The van der Waals surface area contributed by atoms with Crippen molar-refractivity contribution < 1.29 is 9.53 Å². The van der Waals surface area contributed by atoms with Gasteiger partial charge in [-0.25, -0.2) is 0 Å². The van der Waals surface area contributed by atoms with Crippen LogP contribution in [0, 0.1) is 5.92 Å². The van der Waals surface area contributed by atoms with E-state index < -0.39 is 0 Å². The second kappa shape index (κ2) is 6.74. The van der Waals surface area contributed by atoms with Gasteiger partial charge in [0, 0.05) is 12.7 Å². The fourth-order valence-corrected chi connectivity index (χ4v) is 1.34. The van der Waals surface area contributed by atoms with E-state index in [0.29, 0.717) is 6.61 Å². The van der Waals surface area contributed by atoms with Crippen LogP contribution in [0.25, 0.3) is 6.08 Å². The second-order valence-electron chi connectivity index (χ2n) is 4.02. The summed E-state index contributed by atoms with van der Waals surface area (Å²) in [4.78, 5) is 11.2. The van der Waals surface area contributed by atoms with Crippen molar-refractivity contribution in [1.29, 1.82) is 0 Å². The molecule has 1 aromatic carbocycles. The molecule has 0 aliphatic heterocycles. The maximum atomic E-state index is 11.2. The molecule has 92 valence electrons. The van der Waals surface area contributed by atoms with Crippen molar-refractivity contribution in [1.82, 2.24) is 0 Å². The number of carbonyl (C=O) groups is 1. The van der Waals surface area contributed by atoms with Gasteiger partial charge in [0.15, 0.2) is 0 Å². The third-order valence-corrected chi connectivity index (χ3v) is 2.32. The van der Waals surface area contributed by atoms with Gasteiger partial charge >= 0.3 is 5.97 Å². The molecule has 0 amide bonds. The monoisotopic (exact) mass is 233 g/mol. The average Bonchev–Trinajstić information content (AvgIpc) is 2.34. The van der Waals surface area contributed by atoms with Gasteiger partial charge in [-0.3, -0.25) is 4.79 Å². The normalized spacial score (nSPS) is 10.8. The Hall–Kier alpha value is -1.77. The molecule has 0 saturated heterocycles. The van der Waals surface area contributed by atoms with Crippen LogP contribution in [0.2, 0.25) is 0 Å². The molecule has 0 fully saturated rings. The molecule has 3 nitrogen and oxygen atoms in total. The predicted octanol–water partition coefficient (Wildman–Crippen LogP) is 2.94. The summed E-state index contributed by atoms with van der Waals surface area (Å²) in [5.41, 5.74) is 2.13. The highest BCUT2D eigenvalue weighted by Gasteiger charge is 2.06. The smallest absolute Gasteiger partial charge is 0.308 e. The molecule has 0 unspecified atom stereocenters. The second-order valence-corrected chi connectivity index (χ2v) is 4.02. The molecule has 0 radical (unpaired) electrons. The molecule has 1 N–H and O–H groups in total. The zero-order valence-corrected chi connectivity index (χ0v) is 10.6. The first-order chi connectivity index (χ1) is 8.15. The fourth-order valence-electron chi connectivity index (χ4n) is 1.34. The van der Waals surface area contributed by atoms with Gasteiger partial charge in [0.2, 0.25) is 0 Å². The minimum atomic E-state index is -0.170. The van der Waals surface area contributed by atoms with Gasteiger partial charge in [0.05, 0.1) is 5.92 Å². The number of carbonyl (C=O) groups excluding carboxylic acids is 1. The Morgan fingerprint density at radius 1 is 1.41 bits per heavy atom. The molecule has 0 aromatic heterocycles. The van der Waals surface area contributed by atoms with Gasteiger partial charge in [-0.15, -0.1) is 0 Å². The molecule has 17 heavy (non-hydrogen) atoms. The van der Waals surface area contributed by atoms with Crippen LogP contribution in [0.5, 0.6) is 0 Å². The van der Waals surface area contributed by atoms with Gasteiger partial charge in [-0.2, -0.15) is 0 Å². The Morgan fingerprint density at radius 3 is 2.76 bits per heavy atom. The summed E-state index contributed by atoms with van der Waals surface area (Å²) in [5, 5.41) is 3.10. The summed E-state index contributed by atoms with van der Waals surface area (Å²) in [6.07, 6.45) is 3.79. The van der Waals surface area contributed by atoms with E-state index in [4.69, 9.17) is 4.74 Å². The Labute approximate surface area is 102 Å². The highest BCUT2D eigenvalue weighted by Crippen LogP contribution is 2.15. The van der Waals surface area contributed by atoms with Crippen molar-refractivity contribution in [2.75, 3.05) is 19.0 Å². The molecule has 1 aromatic rings. The Kier molecular flexibility index (Phi) is 5.27. The van der Waals surface area contributed by atoms with Gasteiger partial charge < -0.3 is 10.1 Å². The van der Waals surface area contributed by atoms with Crippen LogP contribution < -0.4 is 5.32 Å². The number of para-hydroxylation sites is 1. The summed E-state index contributed by atoms with van der Waals surface area (Å²) >= 11 is 0. The van der Waals surface area contributed by atoms with E-state index in [1.807, 2.05) is 57.3 Å². The molecule has 0 aliphatic rings. The first-order valence-electron chi connectivity index (χ1n) is 5.75. The lowest BCUT2D eigenvalue weighted by molar-refractivity contribution is -0.145. The lowest BCUT2D eigenvalue weighted by atomic mass is 10.1. The summed E-state index contributed by atoms with van der Waals surface area (Å²) in [6, 6.07) is 7.95. The topological polar surface area (TPSA) is 38.3 Å². The quantitative estimate of drug-likeness (QED) is 0.795. The van der Waals surface area contributed by atoms with Crippen molar-refractivity contribution >= 4 is 17.7 Å². The zero-order chi connectivity index (χ0) is 12.7. The number of nitrogens with one attached hydrogen (secondary N) is 1. The number of hydrogen-bond acceptors (Lipinski definition) is 3. The molecular weight excluding hydrogens is 214 g/mol. The van der Waals surface area contributed by atoms with Gasteiger partial charge in [-0.05, 0) is 17.7 Å². The Balaban J connectivity index is 2.51. The molecule has 0 heterocycles. The number of ether oxygens (including phenoxy) is 1. The Morgan fingerprint density at radius 2 is 2.12 bits per heavy atom. The van der Waals surface area contributed by atoms with Crippen LogP contribution >= 0.6 is 0 Å². The third kappa shape index (κ3) is 4.31. The molecule has 3 heteroatoms. The molecular formula is C14H19NO2. The van der Waals surface area contributed by atoms with Crippen LogP contribution in [0.15, 0.2) is 30.3 Å². The van der Waals surface area contributed by atoms with Crippen LogP contribution in [-0.2, 0) is 9.53 Å². The van der Waals surface area contributed by atoms with E-state index in [0.717, 1.165) is 11.3 Å². The Bertz CT molecular complexity index is 397. The van der Waals surface area contributed by atoms with Crippen LogP contribution in [0.3, 0.4) is 0 Å². The van der Waals surface area contributed by atoms with Gasteiger partial charge in [0.25, 0.3) is 0 Å². The number of hydrogen-bond donors (Lipinski definition) is 1. The van der Waals surface area contributed by atoms with E-state index in [-0.39, 0.29) is 11.9 Å². The van der Waals surface area contributed by atoms with Crippen molar-refractivity contribution in [3.05, 3.63) is 35.9 Å². The summed E-state index contributed by atoms with van der Waals surface area (Å²) in [7, 11) is 1.88. The molecule has 0 aliphatic carbocycles. The van der Waals surface area contributed by atoms with E-state index in [1.54, 1.807) is 0 Å². The maximum Gasteiger partial charge on any atom is 0.308 e. The lowest BCUT2D eigenvalue weighted by Gasteiger charge is -2.05. The number of rotatable bonds is 5. The minimum absolute atomic E-state index is 0.0759. The van der Waals surface area contributed by atoms with E-state index in [9.17, 15) is 4.79 Å². The van der Waals surface area contributed by atoms with Crippen molar-refractivity contribution in [3.8, 4) is 0 Å². The SMILES string of the molecule is CNc1ccccc1/C=C/COC(=O)C(C)C. The third-order valence-electron chi connectivity index (χ3n) is 2.32. The number of esters is 1. The van der Waals surface area contributed by atoms with Crippen LogP contribution in [-0.4, -0.2) is 19.6 Å². The molecule has 1 rings (SSSR count). The highest BCUT2D eigenvalue weighted by atomic mass is 16.5. The molecule has 0 atom stereocenters. The first kappa shape index (κ1) is 13.3. The van der Waals surface area contributed by atoms with Gasteiger partial charge in [-0.1, -0.05) is 38.1 Å². The van der Waals surface area contributed by atoms with Crippen LogP contribution in [0.4, 0.5) is 5.69 Å².